The van der Waals surface area contributed by atoms with Crippen LogP contribution in [0.1, 0.15) is 35.0 Å². The van der Waals surface area contributed by atoms with Crippen molar-refractivity contribution in [1.29, 1.82) is 0 Å². The summed E-state index contributed by atoms with van der Waals surface area (Å²) in [6.07, 6.45) is 1.65. The van der Waals surface area contributed by atoms with Crippen LogP contribution in [0.5, 0.6) is 0 Å². The number of carbonyl (C=O) groups is 1. The number of halogens is 2. The number of carbonyl (C=O) groups excluding carboxylic acids is 1. The Morgan fingerprint density at radius 2 is 1.78 bits per heavy atom. The average Bonchev–Trinajstić information content (AvgIpc) is 3.18. The van der Waals surface area contributed by atoms with Crippen LogP contribution >= 0.6 is 27.5 Å². The summed E-state index contributed by atoms with van der Waals surface area (Å²) in [5, 5.41) is 2.88. The molecule has 0 aliphatic heterocycles. The summed E-state index contributed by atoms with van der Waals surface area (Å²) in [5.41, 5.74) is 1.85. The molecule has 0 saturated carbocycles. The molecule has 4 rings (SSSR count). The predicted octanol–water partition coefficient (Wildman–Crippen LogP) is 5.72. The molecule has 0 fully saturated rings. The molecule has 1 N–H and O–H groups in total. The Hall–Kier alpha value is -3.34. The number of anilines is 1. The molecule has 0 aliphatic carbocycles. The fraction of sp³-hybridized carbons (Fsp3) is 0.267. The maximum Gasteiger partial charge on any atom is 0.296 e. The second kappa shape index (κ2) is 12.7. The van der Waals surface area contributed by atoms with Crippen molar-refractivity contribution in [2.24, 2.45) is 13.0 Å². The Labute approximate surface area is 253 Å². The minimum Gasteiger partial charge on any atom is -0.352 e. The molecule has 1 aromatic heterocycles. The number of benzene rings is 3. The maximum atomic E-state index is 13.8. The number of amides is 1. The number of nitrogens with one attached hydrogen (secondary N) is 1. The van der Waals surface area contributed by atoms with Crippen molar-refractivity contribution in [2.45, 2.75) is 31.6 Å². The molecule has 41 heavy (non-hydrogen) atoms. The molecule has 3 aromatic carbocycles. The molecule has 216 valence electrons. The van der Waals surface area contributed by atoms with Gasteiger partial charge in [0.05, 0.1) is 16.4 Å². The third-order valence-corrected chi connectivity index (χ3v) is 9.94. The van der Waals surface area contributed by atoms with Crippen LogP contribution in [-0.2, 0) is 23.5 Å². The predicted molar refractivity (Wildman–Crippen MR) is 167 cm³/mol. The van der Waals surface area contributed by atoms with Gasteiger partial charge in [0.1, 0.15) is 10.6 Å². The first-order chi connectivity index (χ1) is 19.4. The number of nitrogens with zero attached hydrogens (tertiary/aromatic N) is 3. The Bertz CT molecular complexity index is 1740. The lowest BCUT2D eigenvalue weighted by molar-refractivity contribution is 0.0946. The van der Waals surface area contributed by atoms with E-state index < -0.39 is 21.5 Å². The van der Waals surface area contributed by atoms with Crippen LogP contribution in [0, 0.1) is 12.8 Å². The number of aromatic nitrogens is 2. The van der Waals surface area contributed by atoms with Gasteiger partial charge >= 0.3 is 0 Å². The zero-order valence-corrected chi connectivity index (χ0v) is 26.4. The monoisotopic (exact) mass is 658 g/mol. The number of rotatable bonds is 10. The van der Waals surface area contributed by atoms with Gasteiger partial charge in [-0.3, -0.25) is 18.6 Å². The summed E-state index contributed by atoms with van der Waals surface area (Å²) in [6, 6.07) is 21.1. The van der Waals surface area contributed by atoms with Gasteiger partial charge < -0.3 is 5.32 Å². The maximum absolute atomic E-state index is 13.8. The summed E-state index contributed by atoms with van der Waals surface area (Å²) in [6.45, 7) is 4.16. The lowest BCUT2D eigenvalue weighted by atomic mass is 9.97. The van der Waals surface area contributed by atoms with Crippen molar-refractivity contribution in [3.05, 3.63) is 109 Å². The molecule has 0 aliphatic rings. The molecule has 0 spiro atoms. The van der Waals surface area contributed by atoms with Gasteiger partial charge in [-0.25, -0.2) is 13.1 Å². The highest BCUT2D eigenvalue weighted by Crippen LogP contribution is 2.29. The third-order valence-electron chi connectivity index (χ3n) is 7.21. The van der Waals surface area contributed by atoms with E-state index in [0.29, 0.717) is 17.9 Å². The first-order valence-corrected chi connectivity index (χ1v) is 15.7. The Morgan fingerprint density at radius 3 is 2.44 bits per heavy atom. The Balaban J connectivity index is 1.58. The van der Waals surface area contributed by atoms with Gasteiger partial charge in [0.2, 0.25) is 0 Å². The second-order valence-electron chi connectivity index (χ2n) is 9.85. The summed E-state index contributed by atoms with van der Waals surface area (Å²) in [4.78, 5) is 26.3. The fourth-order valence-corrected chi connectivity index (χ4v) is 6.92. The highest BCUT2D eigenvalue weighted by atomic mass is 79.9. The van der Waals surface area contributed by atoms with E-state index in [2.05, 4.69) is 34.2 Å². The summed E-state index contributed by atoms with van der Waals surface area (Å²) in [7, 11) is -1.30. The van der Waals surface area contributed by atoms with Crippen molar-refractivity contribution in [2.75, 3.05) is 17.9 Å². The standard InChI is InChI=1S/C30H32BrClN4O4S/c1-5-21(16-22-10-9-11-24(31)17-22)19-33-29(37)23-14-15-26(32)27(18-23)41(39,40)35(4)28-20(2)34(3)36(30(28)38)25-12-7-6-8-13-25/h6-15,17-18,21H,5,16,19H2,1-4H3,(H,33,37). The van der Waals surface area contributed by atoms with Crippen molar-refractivity contribution in [1.82, 2.24) is 14.7 Å². The van der Waals surface area contributed by atoms with E-state index in [1.165, 1.54) is 29.9 Å². The summed E-state index contributed by atoms with van der Waals surface area (Å²) >= 11 is 9.84. The largest absolute Gasteiger partial charge is 0.352 e. The van der Waals surface area contributed by atoms with E-state index in [1.807, 2.05) is 24.3 Å². The molecule has 0 saturated heterocycles. The molecule has 1 amide bonds. The van der Waals surface area contributed by atoms with E-state index in [9.17, 15) is 18.0 Å². The van der Waals surface area contributed by atoms with E-state index in [4.69, 9.17) is 11.6 Å². The molecule has 1 unspecified atom stereocenters. The first kappa shape index (κ1) is 30.6. The summed E-state index contributed by atoms with van der Waals surface area (Å²) < 4.78 is 32.5. The highest BCUT2D eigenvalue weighted by Gasteiger charge is 2.31. The molecule has 4 aromatic rings. The molecule has 1 heterocycles. The van der Waals surface area contributed by atoms with Crippen LogP contribution in [0.3, 0.4) is 0 Å². The van der Waals surface area contributed by atoms with Crippen molar-refractivity contribution in [3.8, 4) is 5.69 Å². The zero-order chi connectivity index (χ0) is 29.9. The van der Waals surface area contributed by atoms with Crippen molar-refractivity contribution in [3.63, 3.8) is 0 Å². The van der Waals surface area contributed by atoms with Crippen LogP contribution in [-0.4, -0.2) is 37.3 Å². The highest BCUT2D eigenvalue weighted by molar-refractivity contribution is 9.10. The van der Waals surface area contributed by atoms with Gasteiger partial charge in [-0.05, 0) is 67.3 Å². The topological polar surface area (TPSA) is 93.4 Å². The van der Waals surface area contributed by atoms with Gasteiger partial charge in [0.15, 0.2) is 0 Å². The Morgan fingerprint density at radius 1 is 1.07 bits per heavy atom. The van der Waals surface area contributed by atoms with E-state index in [1.54, 1.807) is 42.9 Å². The molecular weight excluding hydrogens is 628 g/mol. The zero-order valence-electron chi connectivity index (χ0n) is 23.3. The van der Waals surface area contributed by atoms with Gasteiger partial charge in [0.25, 0.3) is 21.5 Å². The van der Waals surface area contributed by atoms with E-state index in [-0.39, 0.29) is 27.1 Å². The van der Waals surface area contributed by atoms with Crippen LogP contribution < -0.4 is 15.2 Å². The van der Waals surface area contributed by atoms with Crippen molar-refractivity contribution >= 4 is 49.1 Å². The SMILES string of the molecule is CCC(CNC(=O)c1ccc(Cl)c(S(=O)(=O)N(C)c2c(C)n(C)n(-c3ccccc3)c2=O)c1)Cc1cccc(Br)c1. The molecular formula is C30H32BrClN4O4S. The number of sulfonamides is 1. The minimum absolute atomic E-state index is 0.0133. The van der Waals surface area contributed by atoms with E-state index >= 15 is 0 Å². The molecule has 1 atom stereocenters. The number of hydrogen-bond acceptors (Lipinski definition) is 4. The quantitative estimate of drug-likeness (QED) is 0.236. The van der Waals surface area contributed by atoms with Gasteiger partial charge in [-0.2, -0.15) is 0 Å². The van der Waals surface area contributed by atoms with E-state index in [0.717, 1.165) is 27.2 Å². The molecule has 11 heteroatoms. The van der Waals surface area contributed by atoms with Crippen LogP contribution in [0.25, 0.3) is 5.69 Å². The summed E-state index contributed by atoms with van der Waals surface area (Å²) in [5.74, 6) is -0.210. The van der Waals surface area contributed by atoms with Gasteiger partial charge in [-0.15, -0.1) is 0 Å². The third kappa shape index (κ3) is 6.45. The number of para-hydroxylation sites is 1. The van der Waals surface area contributed by atoms with Gasteiger partial charge in [0, 0.05) is 30.7 Å². The second-order valence-corrected chi connectivity index (χ2v) is 13.1. The number of hydrogen-bond donors (Lipinski definition) is 1. The van der Waals surface area contributed by atoms with Crippen LogP contribution in [0.2, 0.25) is 5.02 Å². The molecule has 0 radical (unpaired) electrons. The smallest absolute Gasteiger partial charge is 0.296 e. The molecule has 0 bridgehead atoms. The molecule has 8 nitrogen and oxygen atoms in total. The average molecular weight is 660 g/mol. The first-order valence-electron chi connectivity index (χ1n) is 13.1. The lowest BCUT2D eigenvalue weighted by Gasteiger charge is -2.20. The van der Waals surface area contributed by atoms with Crippen molar-refractivity contribution < 1.29 is 13.2 Å². The Kier molecular flexibility index (Phi) is 9.46. The lowest BCUT2D eigenvalue weighted by Crippen LogP contribution is -2.33. The fourth-order valence-electron chi connectivity index (χ4n) is 4.72. The van der Waals surface area contributed by atoms with Crippen LogP contribution in [0.4, 0.5) is 5.69 Å². The normalized spacial score (nSPS) is 12.2. The van der Waals surface area contributed by atoms with Crippen LogP contribution in [0.15, 0.2) is 87.0 Å². The minimum atomic E-state index is -4.30. The van der Waals surface area contributed by atoms with Gasteiger partial charge in [-0.1, -0.05) is 71.2 Å².